The van der Waals surface area contributed by atoms with Crippen LogP contribution < -0.4 is 0 Å². The van der Waals surface area contributed by atoms with Crippen molar-refractivity contribution in [3.63, 3.8) is 0 Å². The Balaban J connectivity index is 0.000000200. The van der Waals surface area contributed by atoms with Crippen LogP contribution in [0, 0.1) is 0 Å². The van der Waals surface area contributed by atoms with Crippen LogP contribution >= 0.6 is 13.5 Å². The van der Waals surface area contributed by atoms with Crippen LogP contribution in [0.2, 0.25) is 0 Å². The van der Waals surface area contributed by atoms with Gasteiger partial charge in [0.1, 0.15) is 0 Å². The molecule has 0 saturated carbocycles. The minimum absolute atomic E-state index is 0. The van der Waals surface area contributed by atoms with Crippen molar-refractivity contribution in [1.29, 1.82) is 0 Å². The maximum atomic E-state index is 12.9. The second-order valence-corrected chi connectivity index (χ2v) is 14.4. The van der Waals surface area contributed by atoms with Crippen LogP contribution in [-0.4, -0.2) is 78.1 Å². The van der Waals surface area contributed by atoms with Crippen molar-refractivity contribution < 1.29 is 26.3 Å². The molecule has 2 aliphatic heterocycles. The van der Waals surface area contributed by atoms with E-state index >= 15 is 0 Å². The van der Waals surface area contributed by atoms with Gasteiger partial charge >= 0.3 is 0 Å². The summed E-state index contributed by atoms with van der Waals surface area (Å²) in [5, 5.41) is 0. The van der Waals surface area contributed by atoms with Crippen molar-refractivity contribution >= 4 is 33.5 Å². The van der Waals surface area contributed by atoms with Gasteiger partial charge in [0.25, 0.3) is 0 Å². The van der Waals surface area contributed by atoms with Crippen LogP contribution in [0.25, 0.3) is 0 Å². The van der Waals surface area contributed by atoms with Crippen molar-refractivity contribution in [3.8, 4) is 0 Å². The van der Waals surface area contributed by atoms with E-state index in [0.29, 0.717) is 75.2 Å². The fraction of sp³-hybridized carbons (Fsp3) is 0.294. The highest BCUT2D eigenvalue weighted by Crippen LogP contribution is 2.25. The Bertz CT molecular complexity index is 1580. The minimum atomic E-state index is -3.46. The van der Waals surface area contributed by atoms with Gasteiger partial charge in [0, 0.05) is 26.2 Å². The number of sulfonamides is 2. The first-order valence-electron chi connectivity index (χ1n) is 14.7. The van der Waals surface area contributed by atoms with E-state index in [2.05, 4.69) is 0 Å². The Hall–Kier alpha value is -3.03. The quantitative estimate of drug-likeness (QED) is 0.270. The molecule has 4 aromatic carbocycles. The molecule has 0 aromatic heterocycles. The second-order valence-electron chi connectivity index (χ2n) is 10.6. The number of ether oxygens (including phenoxy) is 2. The molecule has 0 amide bonds. The summed E-state index contributed by atoms with van der Waals surface area (Å²) >= 11 is 0. The molecule has 2 aliphatic rings. The maximum Gasteiger partial charge on any atom is 0.243 e. The molecule has 11 heteroatoms. The Kier molecular flexibility index (Phi) is 12.8. The molecule has 0 bridgehead atoms. The van der Waals surface area contributed by atoms with Crippen molar-refractivity contribution in [3.05, 3.63) is 131 Å². The predicted octanol–water partition coefficient (Wildman–Crippen LogP) is 4.71. The lowest BCUT2D eigenvalue weighted by atomic mass is 10.1. The number of morpholine rings is 2. The highest BCUT2D eigenvalue weighted by molar-refractivity contribution is 7.89. The average molecular weight is 669 g/mol. The van der Waals surface area contributed by atoms with Crippen LogP contribution in [0.15, 0.2) is 119 Å². The van der Waals surface area contributed by atoms with Gasteiger partial charge in [-0.05, 0) is 47.2 Å². The van der Waals surface area contributed by atoms with Crippen LogP contribution in [0.5, 0.6) is 0 Å². The van der Waals surface area contributed by atoms with E-state index in [1.54, 1.807) is 24.3 Å². The molecule has 0 atom stereocenters. The van der Waals surface area contributed by atoms with Crippen LogP contribution in [-0.2, 0) is 42.4 Å². The lowest BCUT2D eigenvalue weighted by Crippen LogP contribution is -2.40. The molecular weight excluding hydrogens is 629 g/mol. The lowest BCUT2D eigenvalue weighted by molar-refractivity contribution is 0.0730. The Labute approximate surface area is 274 Å². The molecule has 0 N–H and O–H groups in total. The third-order valence-corrected chi connectivity index (χ3v) is 11.6. The van der Waals surface area contributed by atoms with Gasteiger partial charge < -0.3 is 9.47 Å². The molecule has 2 saturated heterocycles. The predicted molar refractivity (Wildman–Crippen MR) is 181 cm³/mol. The first-order valence-corrected chi connectivity index (χ1v) is 17.6. The van der Waals surface area contributed by atoms with Crippen LogP contribution in [0.3, 0.4) is 0 Å². The second kappa shape index (κ2) is 16.5. The largest absolute Gasteiger partial charge is 0.379 e. The monoisotopic (exact) mass is 668 g/mol. The third-order valence-electron chi connectivity index (χ3n) is 7.60. The smallest absolute Gasteiger partial charge is 0.243 e. The van der Waals surface area contributed by atoms with Crippen molar-refractivity contribution in [1.82, 2.24) is 8.61 Å². The van der Waals surface area contributed by atoms with E-state index < -0.39 is 20.0 Å². The van der Waals surface area contributed by atoms with E-state index in [1.807, 2.05) is 84.9 Å². The molecule has 0 aliphatic carbocycles. The average Bonchev–Trinajstić information content (AvgIpc) is 3.07. The zero-order valence-electron chi connectivity index (χ0n) is 25.1. The van der Waals surface area contributed by atoms with Gasteiger partial charge in [-0.2, -0.15) is 22.1 Å². The van der Waals surface area contributed by atoms with E-state index in [4.69, 9.17) is 9.47 Å². The van der Waals surface area contributed by atoms with Crippen molar-refractivity contribution in [2.45, 2.75) is 22.6 Å². The number of benzene rings is 4. The van der Waals surface area contributed by atoms with Crippen molar-refractivity contribution in [2.75, 3.05) is 52.6 Å². The van der Waals surface area contributed by atoms with Gasteiger partial charge in [-0.15, -0.1) is 0 Å². The summed E-state index contributed by atoms with van der Waals surface area (Å²) in [5.74, 6) is 0. The van der Waals surface area contributed by atoms with Gasteiger partial charge in [0.15, 0.2) is 0 Å². The van der Waals surface area contributed by atoms with Gasteiger partial charge in [-0.25, -0.2) is 16.8 Å². The summed E-state index contributed by atoms with van der Waals surface area (Å²) in [4.78, 5) is 0.807. The molecule has 0 spiro atoms. The Morgan fingerprint density at radius 1 is 0.467 bits per heavy atom. The van der Waals surface area contributed by atoms with Gasteiger partial charge in [-0.3, -0.25) is 0 Å². The highest BCUT2D eigenvalue weighted by atomic mass is 32.2. The van der Waals surface area contributed by atoms with Gasteiger partial charge in [0.05, 0.1) is 36.2 Å². The summed E-state index contributed by atoms with van der Waals surface area (Å²) in [6, 6.07) is 34.3. The summed E-state index contributed by atoms with van der Waals surface area (Å²) in [6.45, 7) is 3.51. The summed E-state index contributed by atoms with van der Waals surface area (Å²) < 4.78 is 65.0. The molecule has 2 heterocycles. The molecular formula is C34H40N2O6S3. The standard InChI is InChI=1S/2C17H19NO3S.H2S/c2*19-22(20,18-10-12-21-13-11-18)17-9-5-4-8-16(17)14-15-6-2-1-3-7-15;/h2*1-9H,10-14H2;1H2. The van der Waals surface area contributed by atoms with E-state index in [-0.39, 0.29) is 13.5 Å². The zero-order chi connectivity index (χ0) is 30.8. The van der Waals surface area contributed by atoms with Gasteiger partial charge in [0.2, 0.25) is 20.0 Å². The molecule has 4 aromatic rings. The van der Waals surface area contributed by atoms with Crippen LogP contribution in [0.1, 0.15) is 22.3 Å². The number of nitrogens with zero attached hydrogens (tertiary/aromatic N) is 2. The third kappa shape index (κ3) is 9.04. The summed E-state index contributed by atoms with van der Waals surface area (Å²) in [5.41, 5.74) is 3.87. The molecule has 8 nitrogen and oxygen atoms in total. The number of rotatable bonds is 8. The Morgan fingerprint density at radius 3 is 1.13 bits per heavy atom. The molecule has 45 heavy (non-hydrogen) atoms. The highest BCUT2D eigenvalue weighted by Gasteiger charge is 2.29. The maximum absolute atomic E-state index is 12.9. The zero-order valence-corrected chi connectivity index (χ0v) is 27.8. The SMILES string of the molecule is O=S(=O)(c1ccccc1Cc1ccccc1)N1CCOCC1.O=S(=O)(c1ccccc1Cc1ccccc1)N1CCOCC1.S. The summed E-state index contributed by atoms with van der Waals surface area (Å²) in [6.07, 6.45) is 1.22. The fourth-order valence-electron chi connectivity index (χ4n) is 5.29. The fourth-order valence-corrected chi connectivity index (χ4v) is 8.55. The normalized spacial score (nSPS) is 16.2. The first kappa shape index (κ1) is 34.8. The van der Waals surface area contributed by atoms with Crippen molar-refractivity contribution in [2.24, 2.45) is 0 Å². The first-order chi connectivity index (χ1) is 21.4. The Morgan fingerprint density at radius 2 is 0.778 bits per heavy atom. The molecule has 6 rings (SSSR count). The molecule has 0 radical (unpaired) electrons. The molecule has 0 unspecified atom stereocenters. The lowest BCUT2D eigenvalue weighted by Gasteiger charge is -2.27. The molecule has 2 fully saturated rings. The number of hydrogen-bond donors (Lipinski definition) is 0. The number of hydrogen-bond acceptors (Lipinski definition) is 6. The topological polar surface area (TPSA) is 93.2 Å². The van der Waals surface area contributed by atoms with E-state index in [9.17, 15) is 16.8 Å². The van der Waals surface area contributed by atoms with Crippen LogP contribution in [0.4, 0.5) is 0 Å². The summed E-state index contributed by atoms with van der Waals surface area (Å²) in [7, 11) is -6.92. The minimum Gasteiger partial charge on any atom is -0.379 e. The van der Waals surface area contributed by atoms with E-state index in [1.165, 1.54) is 8.61 Å². The molecule has 240 valence electrons. The van der Waals surface area contributed by atoms with E-state index in [0.717, 1.165) is 22.3 Å². The van der Waals surface area contributed by atoms with Gasteiger partial charge in [-0.1, -0.05) is 97.1 Å².